The second-order valence-corrected chi connectivity index (χ2v) is 5.98. The molecule has 4 N–H and O–H groups in total. The second kappa shape index (κ2) is 4.67. The normalized spacial score (nSPS) is 11.9. The van der Waals surface area contributed by atoms with E-state index < -0.39 is 10.0 Å². The molecule has 0 radical (unpaired) electrons. The average Bonchev–Trinajstić information content (AvgIpc) is 2.84. The number of hydrogen-bond donors (Lipinski definition) is 3. The van der Waals surface area contributed by atoms with E-state index in [-0.39, 0.29) is 17.3 Å². The lowest BCUT2D eigenvalue weighted by molar-refractivity contribution is 0.581. The molecule has 0 saturated carbocycles. The van der Waals surface area contributed by atoms with Crippen LogP contribution in [-0.2, 0) is 23.6 Å². The van der Waals surface area contributed by atoms with E-state index in [2.05, 4.69) is 20.0 Å². The number of hydrogen-bond acceptors (Lipinski definition) is 5. The van der Waals surface area contributed by atoms with Gasteiger partial charge in [0.1, 0.15) is 10.7 Å². The number of nitrogen functional groups attached to an aromatic ring is 1. The minimum atomic E-state index is -3.68. The monoisotopic (exact) mass is 284 g/mol. The van der Waals surface area contributed by atoms with Crippen LogP contribution in [0.5, 0.6) is 0 Å². The molecule has 0 spiro atoms. The number of aryl methyl sites for hydroxylation is 2. The largest absolute Gasteiger partial charge is 0.383 e. The Morgan fingerprint density at radius 1 is 1.47 bits per heavy atom. The van der Waals surface area contributed by atoms with Crippen molar-refractivity contribution in [3.05, 3.63) is 23.1 Å². The predicted molar refractivity (Wildman–Crippen MR) is 69.7 cm³/mol. The van der Waals surface area contributed by atoms with E-state index in [1.54, 1.807) is 4.68 Å². The molecule has 0 atom stereocenters. The Hall–Kier alpha value is -1.87. The van der Waals surface area contributed by atoms with Crippen LogP contribution in [0.25, 0.3) is 0 Å². The maximum atomic E-state index is 12.0. The molecular weight excluding hydrogens is 268 g/mol. The van der Waals surface area contributed by atoms with Gasteiger partial charge < -0.3 is 5.73 Å². The zero-order valence-corrected chi connectivity index (χ0v) is 11.7. The highest BCUT2D eigenvalue weighted by atomic mass is 32.2. The number of nitrogens with zero attached hydrogens (tertiary/aromatic N) is 3. The Balaban J connectivity index is 2.21. The molecule has 2 rings (SSSR count). The summed E-state index contributed by atoms with van der Waals surface area (Å²) in [5.41, 5.74) is 8.07. The Bertz CT molecular complexity index is 700. The molecule has 0 bridgehead atoms. The predicted octanol–water partition coefficient (Wildman–Crippen LogP) is -0.179. The third-order valence-electron chi connectivity index (χ3n) is 3.02. The van der Waals surface area contributed by atoms with E-state index in [4.69, 9.17) is 5.73 Å². The Morgan fingerprint density at radius 3 is 2.63 bits per heavy atom. The van der Waals surface area contributed by atoms with Crippen molar-refractivity contribution in [1.82, 2.24) is 24.7 Å². The number of aromatic nitrogens is 4. The van der Waals surface area contributed by atoms with E-state index >= 15 is 0 Å². The number of anilines is 1. The fourth-order valence-electron chi connectivity index (χ4n) is 1.82. The number of sulfonamides is 1. The van der Waals surface area contributed by atoms with E-state index in [0.717, 1.165) is 17.0 Å². The van der Waals surface area contributed by atoms with Crippen LogP contribution in [-0.4, -0.2) is 28.4 Å². The van der Waals surface area contributed by atoms with E-state index in [1.807, 2.05) is 20.9 Å². The summed E-state index contributed by atoms with van der Waals surface area (Å²) in [5, 5.41) is 10.2. The second-order valence-electron chi connectivity index (χ2n) is 4.25. The highest BCUT2D eigenvalue weighted by Gasteiger charge is 2.20. The molecule has 8 nitrogen and oxygen atoms in total. The van der Waals surface area contributed by atoms with Crippen LogP contribution in [0.15, 0.2) is 11.1 Å². The molecule has 0 aliphatic heterocycles. The van der Waals surface area contributed by atoms with Crippen molar-refractivity contribution in [2.45, 2.75) is 25.3 Å². The molecule has 0 aliphatic carbocycles. The smallest absolute Gasteiger partial charge is 0.246 e. The van der Waals surface area contributed by atoms with Gasteiger partial charge in [0.15, 0.2) is 0 Å². The van der Waals surface area contributed by atoms with Crippen molar-refractivity contribution >= 4 is 15.8 Å². The lowest BCUT2D eigenvalue weighted by atomic mass is 10.2. The molecule has 19 heavy (non-hydrogen) atoms. The summed E-state index contributed by atoms with van der Waals surface area (Å²) in [6, 6.07) is 0. The summed E-state index contributed by atoms with van der Waals surface area (Å²) in [6.45, 7) is 3.89. The first-order valence-corrected chi connectivity index (χ1v) is 7.09. The van der Waals surface area contributed by atoms with E-state index in [1.165, 1.54) is 6.20 Å². The molecule has 2 aromatic rings. The molecule has 2 aromatic heterocycles. The van der Waals surface area contributed by atoms with Crippen molar-refractivity contribution < 1.29 is 8.42 Å². The van der Waals surface area contributed by atoms with Crippen molar-refractivity contribution in [2.24, 2.45) is 7.05 Å². The standard InChI is InChI=1S/C10H16N6O2S/c1-6-8(7(2)16(3)15-6)4-13-19(17,18)9-5-12-14-10(9)11/h5,13H,4H2,1-3H3,(H3,11,12,14). The molecule has 0 aliphatic rings. The van der Waals surface area contributed by atoms with Gasteiger partial charge >= 0.3 is 0 Å². The number of H-pyrrole nitrogens is 1. The third-order valence-corrected chi connectivity index (χ3v) is 4.45. The van der Waals surface area contributed by atoms with Gasteiger partial charge in [-0.3, -0.25) is 9.78 Å². The zero-order valence-electron chi connectivity index (χ0n) is 10.9. The summed E-state index contributed by atoms with van der Waals surface area (Å²) in [7, 11) is -1.86. The molecule has 104 valence electrons. The lowest BCUT2D eigenvalue weighted by Gasteiger charge is -2.06. The maximum Gasteiger partial charge on any atom is 0.246 e. The Kier molecular flexibility index (Phi) is 3.33. The molecule has 0 saturated heterocycles. The minimum absolute atomic E-state index is 0.0205. The summed E-state index contributed by atoms with van der Waals surface area (Å²) in [5.74, 6) is 0.0205. The van der Waals surface area contributed by atoms with Gasteiger partial charge in [0.05, 0.1) is 11.9 Å². The number of rotatable bonds is 4. The molecule has 0 amide bonds. The van der Waals surface area contributed by atoms with Gasteiger partial charge in [-0.1, -0.05) is 0 Å². The van der Waals surface area contributed by atoms with Crippen LogP contribution in [0.1, 0.15) is 17.0 Å². The third kappa shape index (κ3) is 2.47. The summed E-state index contributed by atoms with van der Waals surface area (Å²) in [4.78, 5) is -0.0494. The molecule has 2 heterocycles. The molecule has 0 aromatic carbocycles. The topological polar surface area (TPSA) is 119 Å². The SMILES string of the molecule is Cc1nn(C)c(C)c1CNS(=O)(=O)c1cn[nH]c1N. The molecule has 0 fully saturated rings. The first-order valence-electron chi connectivity index (χ1n) is 5.60. The zero-order chi connectivity index (χ0) is 14.2. The number of nitrogens with two attached hydrogens (primary N) is 1. The van der Waals surface area contributed by atoms with E-state index in [0.29, 0.717) is 0 Å². The summed E-state index contributed by atoms with van der Waals surface area (Å²) < 4.78 is 28.3. The summed E-state index contributed by atoms with van der Waals surface area (Å²) >= 11 is 0. The fraction of sp³-hybridized carbons (Fsp3) is 0.400. The minimum Gasteiger partial charge on any atom is -0.383 e. The highest BCUT2D eigenvalue weighted by Crippen LogP contribution is 2.16. The van der Waals surface area contributed by atoms with Crippen LogP contribution in [0.4, 0.5) is 5.82 Å². The fourth-order valence-corrected chi connectivity index (χ4v) is 2.83. The summed E-state index contributed by atoms with van der Waals surface area (Å²) in [6.07, 6.45) is 1.18. The average molecular weight is 284 g/mol. The van der Waals surface area contributed by atoms with Gasteiger partial charge in [0, 0.05) is 24.8 Å². The number of nitrogens with one attached hydrogen (secondary N) is 2. The van der Waals surface area contributed by atoms with Crippen LogP contribution in [0.3, 0.4) is 0 Å². The van der Waals surface area contributed by atoms with Gasteiger partial charge in [-0.25, -0.2) is 13.1 Å². The Labute approximate surface area is 111 Å². The van der Waals surface area contributed by atoms with Gasteiger partial charge in [0.25, 0.3) is 0 Å². The molecular formula is C10H16N6O2S. The van der Waals surface area contributed by atoms with Crippen molar-refractivity contribution in [2.75, 3.05) is 5.73 Å². The lowest BCUT2D eigenvalue weighted by Crippen LogP contribution is -2.24. The van der Waals surface area contributed by atoms with E-state index in [9.17, 15) is 8.42 Å². The van der Waals surface area contributed by atoms with Gasteiger partial charge in [-0.05, 0) is 13.8 Å². The van der Waals surface area contributed by atoms with Crippen LogP contribution >= 0.6 is 0 Å². The molecule has 9 heteroatoms. The van der Waals surface area contributed by atoms with Gasteiger partial charge in [-0.15, -0.1) is 0 Å². The number of aromatic amines is 1. The Morgan fingerprint density at radius 2 is 2.16 bits per heavy atom. The maximum absolute atomic E-state index is 12.0. The highest BCUT2D eigenvalue weighted by molar-refractivity contribution is 7.89. The van der Waals surface area contributed by atoms with Crippen molar-refractivity contribution in [1.29, 1.82) is 0 Å². The quantitative estimate of drug-likeness (QED) is 0.719. The van der Waals surface area contributed by atoms with Crippen LogP contribution < -0.4 is 10.5 Å². The molecule has 0 unspecified atom stereocenters. The van der Waals surface area contributed by atoms with Gasteiger partial charge in [-0.2, -0.15) is 10.2 Å². The van der Waals surface area contributed by atoms with Crippen LogP contribution in [0.2, 0.25) is 0 Å². The first kappa shape index (κ1) is 13.6. The van der Waals surface area contributed by atoms with Crippen molar-refractivity contribution in [3.63, 3.8) is 0 Å². The van der Waals surface area contributed by atoms with Crippen molar-refractivity contribution in [3.8, 4) is 0 Å². The first-order chi connectivity index (χ1) is 8.83. The van der Waals surface area contributed by atoms with Crippen LogP contribution in [0, 0.1) is 13.8 Å². The van der Waals surface area contributed by atoms with Gasteiger partial charge in [0.2, 0.25) is 10.0 Å².